The topological polar surface area (TPSA) is 126 Å². The number of carbonyl (C=O) groups is 2. The molecule has 2 aromatic carbocycles. The number of hydrogen-bond acceptors (Lipinski definition) is 7. The molecule has 2 aromatic rings. The molecule has 2 aliphatic heterocycles. The lowest BCUT2D eigenvalue weighted by Gasteiger charge is -2.29. The number of aliphatic imine (C=N–C) groups is 1. The number of ketones is 1. The van der Waals surface area contributed by atoms with E-state index in [1.165, 1.54) is 6.92 Å². The molecule has 1 atom stereocenters. The minimum atomic E-state index is -1.25. The fourth-order valence-electron chi connectivity index (χ4n) is 3.58. The van der Waals surface area contributed by atoms with Gasteiger partial charge >= 0.3 is 7.12 Å². The average Bonchev–Trinajstić information content (AvgIpc) is 2.89. The molecule has 0 unspecified atom stereocenters. The van der Waals surface area contributed by atoms with E-state index in [1.807, 2.05) is 12.1 Å². The molecule has 148 valence electrons. The third-order valence-corrected chi connectivity index (χ3v) is 5.16. The Morgan fingerprint density at radius 3 is 2.90 bits per heavy atom. The van der Waals surface area contributed by atoms with E-state index < -0.39 is 13.1 Å². The minimum Gasteiger partial charge on any atom is -0.534 e. The first kappa shape index (κ1) is 19.0. The lowest BCUT2D eigenvalue weighted by atomic mass is 9.72. The number of fused-ring (bicyclic) bond motifs is 2. The first-order valence-corrected chi connectivity index (χ1v) is 9.36. The van der Waals surface area contributed by atoms with Crippen LogP contribution in [0.15, 0.2) is 41.4 Å². The van der Waals surface area contributed by atoms with Gasteiger partial charge in [-0.05, 0) is 48.2 Å². The quantitative estimate of drug-likeness (QED) is 0.447. The first-order valence-electron chi connectivity index (χ1n) is 9.36. The molecule has 0 saturated carbocycles. The van der Waals surface area contributed by atoms with Crippen molar-refractivity contribution in [1.82, 2.24) is 10.6 Å². The zero-order chi connectivity index (χ0) is 20.5. The Bertz CT molecular complexity index is 1020. The highest BCUT2D eigenvalue weighted by atomic mass is 16.5. The van der Waals surface area contributed by atoms with Crippen LogP contribution in [-0.2, 0) is 19.5 Å². The van der Waals surface area contributed by atoms with Crippen molar-refractivity contribution < 1.29 is 19.3 Å². The molecule has 4 rings (SSSR count). The highest BCUT2D eigenvalue weighted by Crippen LogP contribution is 2.30. The van der Waals surface area contributed by atoms with E-state index in [2.05, 4.69) is 15.6 Å². The number of nitrogens with two attached hydrogens (primary N) is 1. The maximum Gasteiger partial charge on any atom is 0.547 e. The van der Waals surface area contributed by atoms with Gasteiger partial charge in [-0.2, -0.15) is 0 Å². The van der Waals surface area contributed by atoms with Gasteiger partial charge in [-0.25, -0.2) is 4.99 Å². The van der Waals surface area contributed by atoms with E-state index in [9.17, 15) is 14.6 Å². The van der Waals surface area contributed by atoms with E-state index in [0.717, 1.165) is 16.7 Å². The molecule has 0 bridgehead atoms. The molecule has 0 spiro atoms. The average molecular weight is 392 g/mol. The summed E-state index contributed by atoms with van der Waals surface area (Å²) in [5.41, 5.74) is 9.32. The Kier molecular flexibility index (Phi) is 4.98. The van der Waals surface area contributed by atoms with Crippen molar-refractivity contribution in [3.05, 3.63) is 64.2 Å². The van der Waals surface area contributed by atoms with E-state index in [0.29, 0.717) is 42.3 Å². The predicted octanol–water partition coefficient (Wildman–Crippen LogP) is 0.560. The first-order chi connectivity index (χ1) is 13.9. The molecule has 2 heterocycles. The summed E-state index contributed by atoms with van der Waals surface area (Å²) in [5.74, 6) is -0.337. The molecule has 0 radical (unpaired) electrons. The summed E-state index contributed by atoms with van der Waals surface area (Å²) in [6.45, 7) is 2.40. The second-order valence-electron chi connectivity index (χ2n) is 7.18. The van der Waals surface area contributed by atoms with Gasteiger partial charge in [0.2, 0.25) is 0 Å². The van der Waals surface area contributed by atoms with Crippen molar-refractivity contribution in [2.24, 2.45) is 10.7 Å². The number of rotatable bonds is 3. The molecule has 0 fully saturated rings. The van der Waals surface area contributed by atoms with Crippen LogP contribution in [0.5, 0.6) is 5.75 Å². The fourth-order valence-corrected chi connectivity index (χ4v) is 3.58. The minimum absolute atomic E-state index is 0.140. The van der Waals surface area contributed by atoms with Crippen LogP contribution in [0.25, 0.3) is 0 Å². The molecule has 29 heavy (non-hydrogen) atoms. The Morgan fingerprint density at radius 1 is 1.28 bits per heavy atom. The van der Waals surface area contributed by atoms with E-state index in [4.69, 9.17) is 10.4 Å². The van der Waals surface area contributed by atoms with Crippen LogP contribution in [0.2, 0.25) is 0 Å². The summed E-state index contributed by atoms with van der Waals surface area (Å²) in [6, 6.07) is 10.6. The Morgan fingerprint density at radius 2 is 2.10 bits per heavy atom. The van der Waals surface area contributed by atoms with Gasteiger partial charge in [0.05, 0.1) is 18.0 Å². The molecule has 9 heteroatoms. The third kappa shape index (κ3) is 3.81. The summed E-state index contributed by atoms with van der Waals surface area (Å²) in [6.07, 6.45) is 0.360. The summed E-state index contributed by atoms with van der Waals surface area (Å²) < 4.78 is 5.57. The highest BCUT2D eigenvalue weighted by molar-refractivity contribution is 6.47. The van der Waals surface area contributed by atoms with Crippen LogP contribution < -0.4 is 21.0 Å². The number of nitrogens with zero attached hydrogens (tertiary/aromatic N) is 1. The van der Waals surface area contributed by atoms with E-state index >= 15 is 0 Å². The number of Topliss-reactive ketones (excluding diaryl/α,β-unsaturated/α-hetero) is 1. The van der Waals surface area contributed by atoms with Gasteiger partial charge in [0, 0.05) is 12.1 Å². The lowest BCUT2D eigenvalue weighted by molar-refractivity contribution is 0.0938. The third-order valence-electron chi connectivity index (χ3n) is 5.16. The number of guanidine groups is 1. The zero-order valence-corrected chi connectivity index (χ0v) is 15.9. The molecule has 0 aromatic heterocycles. The van der Waals surface area contributed by atoms with Crippen LogP contribution in [0, 0.1) is 0 Å². The van der Waals surface area contributed by atoms with Gasteiger partial charge < -0.3 is 26.0 Å². The SMILES string of the molecule is CC(=O)c1cccc2c1OB(O)[C@@H](NC(=O)c1ccc3c(c1)CN=C(N)NC3)C2. The molecule has 8 nitrogen and oxygen atoms in total. The summed E-state index contributed by atoms with van der Waals surface area (Å²) in [5, 5.41) is 16.2. The monoisotopic (exact) mass is 392 g/mol. The smallest absolute Gasteiger partial charge is 0.534 e. The molecule has 5 N–H and O–H groups in total. The molecular weight excluding hydrogens is 371 g/mol. The Labute approximate surface area is 168 Å². The summed E-state index contributed by atoms with van der Waals surface area (Å²) >= 11 is 0. The largest absolute Gasteiger partial charge is 0.547 e. The second-order valence-corrected chi connectivity index (χ2v) is 7.18. The van der Waals surface area contributed by atoms with Gasteiger partial charge in [-0.15, -0.1) is 0 Å². The zero-order valence-electron chi connectivity index (χ0n) is 15.9. The van der Waals surface area contributed by atoms with Crippen LogP contribution in [0.1, 0.15) is 44.3 Å². The number of nitrogens with one attached hydrogen (secondary N) is 2. The number of hydrogen-bond donors (Lipinski definition) is 4. The van der Waals surface area contributed by atoms with Crippen LogP contribution in [0.4, 0.5) is 0 Å². The van der Waals surface area contributed by atoms with Gasteiger partial charge in [0.1, 0.15) is 5.75 Å². The standard InChI is InChI=1S/C20H21BN4O4/c1-11(26)16-4-2-3-12-8-17(21(28)29-18(12)16)25-19(27)13-5-6-14-9-23-20(22)24-10-15(14)7-13/h2-7,17,28H,8-10H2,1H3,(H,25,27)(H3,22,23,24)/t17-/m0/s1. The van der Waals surface area contributed by atoms with Crippen molar-refractivity contribution in [3.63, 3.8) is 0 Å². The highest BCUT2D eigenvalue weighted by Gasteiger charge is 2.37. The number of amides is 1. The van der Waals surface area contributed by atoms with Gasteiger partial charge in [0.25, 0.3) is 5.91 Å². The second kappa shape index (κ2) is 7.59. The van der Waals surface area contributed by atoms with Gasteiger partial charge in [-0.3, -0.25) is 9.59 Å². The number of carbonyl (C=O) groups excluding carboxylic acids is 2. The maximum absolute atomic E-state index is 12.8. The van der Waals surface area contributed by atoms with Crippen molar-refractivity contribution in [2.75, 3.05) is 0 Å². The predicted molar refractivity (Wildman–Crippen MR) is 109 cm³/mol. The number of benzene rings is 2. The fraction of sp³-hybridized carbons (Fsp3) is 0.250. The van der Waals surface area contributed by atoms with Gasteiger partial charge in [0.15, 0.2) is 11.7 Å². The van der Waals surface area contributed by atoms with Gasteiger partial charge in [-0.1, -0.05) is 18.2 Å². The summed E-state index contributed by atoms with van der Waals surface area (Å²) in [4.78, 5) is 28.8. The van der Waals surface area contributed by atoms with E-state index in [1.54, 1.807) is 24.3 Å². The lowest BCUT2D eigenvalue weighted by Crippen LogP contribution is -2.53. The van der Waals surface area contributed by atoms with Crippen LogP contribution in [-0.4, -0.2) is 35.7 Å². The maximum atomic E-state index is 12.8. The Balaban J connectivity index is 1.52. The number of para-hydroxylation sites is 1. The molecule has 2 aliphatic rings. The van der Waals surface area contributed by atoms with Crippen LogP contribution >= 0.6 is 0 Å². The molecule has 0 saturated heterocycles. The molecule has 1 amide bonds. The molecule has 0 aliphatic carbocycles. The normalized spacial score (nSPS) is 17.7. The molecular formula is C20H21BN4O4. The van der Waals surface area contributed by atoms with E-state index in [-0.39, 0.29) is 11.7 Å². The van der Waals surface area contributed by atoms with Crippen molar-refractivity contribution in [3.8, 4) is 5.75 Å². The Hall–Kier alpha value is -3.33. The van der Waals surface area contributed by atoms with Crippen LogP contribution in [0.3, 0.4) is 0 Å². The summed E-state index contributed by atoms with van der Waals surface area (Å²) in [7, 11) is -1.25. The van der Waals surface area contributed by atoms with Crippen molar-refractivity contribution >= 4 is 24.8 Å². The van der Waals surface area contributed by atoms with Crippen molar-refractivity contribution in [2.45, 2.75) is 32.4 Å². The van der Waals surface area contributed by atoms with Crippen molar-refractivity contribution in [1.29, 1.82) is 0 Å².